The fourth-order valence-electron chi connectivity index (χ4n) is 2.71. The summed E-state index contributed by atoms with van der Waals surface area (Å²) in [7, 11) is 0. The van der Waals surface area contributed by atoms with Crippen LogP contribution < -0.4 is 10.1 Å². The molecule has 0 saturated heterocycles. The summed E-state index contributed by atoms with van der Waals surface area (Å²) in [6.07, 6.45) is 0.820. The van der Waals surface area contributed by atoms with E-state index < -0.39 is 0 Å². The Balaban J connectivity index is 1.45. The first-order valence-electron chi connectivity index (χ1n) is 8.82. The number of hydrogen-bond donors (Lipinski definition) is 1. The van der Waals surface area contributed by atoms with Crippen LogP contribution in [0.5, 0.6) is 5.75 Å². The average molecular weight is 439 g/mol. The zero-order chi connectivity index (χ0) is 19.9. The van der Waals surface area contributed by atoms with E-state index in [-0.39, 0.29) is 12.4 Å². The molecule has 0 atom stereocenters. The molecule has 0 aromatic heterocycles. The molecule has 3 rings (SSSR count). The topological polar surface area (TPSA) is 21.3 Å². The number of ether oxygens (including phenoxy) is 1. The van der Waals surface area contributed by atoms with Crippen molar-refractivity contribution in [3.05, 3.63) is 98.2 Å². The second kappa shape index (κ2) is 10.1. The summed E-state index contributed by atoms with van der Waals surface area (Å²) in [4.78, 5) is 0. The molecule has 2 nitrogen and oxygen atoms in total. The molecule has 0 heterocycles. The molecular formula is C22H19Cl3FNO. The van der Waals surface area contributed by atoms with E-state index in [4.69, 9.17) is 39.5 Å². The smallest absolute Gasteiger partial charge is 0.131 e. The van der Waals surface area contributed by atoms with Crippen molar-refractivity contribution < 1.29 is 9.13 Å². The molecule has 0 aliphatic carbocycles. The molecule has 0 spiro atoms. The Labute approximate surface area is 179 Å². The first kappa shape index (κ1) is 20.9. The van der Waals surface area contributed by atoms with Gasteiger partial charge in [-0.05, 0) is 60.5 Å². The van der Waals surface area contributed by atoms with Gasteiger partial charge in [0.05, 0.1) is 5.02 Å². The van der Waals surface area contributed by atoms with E-state index in [9.17, 15) is 4.39 Å². The molecule has 28 heavy (non-hydrogen) atoms. The lowest BCUT2D eigenvalue weighted by Crippen LogP contribution is -2.16. The van der Waals surface area contributed by atoms with Crippen LogP contribution in [0.3, 0.4) is 0 Å². The van der Waals surface area contributed by atoms with Crippen molar-refractivity contribution in [2.45, 2.75) is 19.6 Å². The summed E-state index contributed by atoms with van der Waals surface area (Å²) in [5, 5.41) is 5.07. The monoisotopic (exact) mass is 437 g/mol. The molecule has 0 unspecified atom stereocenters. The van der Waals surface area contributed by atoms with Gasteiger partial charge in [-0.25, -0.2) is 4.39 Å². The maximum Gasteiger partial charge on any atom is 0.131 e. The van der Waals surface area contributed by atoms with Gasteiger partial charge in [-0.2, -0.15) is 0 Å². The molecule has 1 N–H and O–H groups in total. The van der Waals surface area contributed by atoms with Crippen molar-refractivity contribution in [1.82, 2.24) is 5.32 Å². The van der Waals surface area contributed by atoms with E-state index in [2.05, 4.69) is 5.32 Å². The first-order valence-corrected chi connectivity index (χ1v) is 9.95. The third-order valence-corrected chi connectivity index (χ3v) is 5.22. The quantitative estimate of drug-likeness (QED) is 0.395. The molecule has 0 aliphatic heterocycles. The first-order chi connectivity index (χ1) is 13.5. The van der Waals surface area contributed by atoms with Crippen LogP contribution in [0.25, 0.3) is 0 Å². The van der Waals surface area contributed by atoms with Crippen LogP contribution >= 0.6 is 34.8 Å². The molecule has 0 aliphatic rings. The van der Waals surface area contributed by atoms with E-state index in [1.807, 2.05) is 36.4 Å². The standard InChI is InChI=1S/C22H19Cl3FNO/c23-17-7-6-16(21(25)12-17)10-11-27-13-15-4-8-18(9-5-15)28-14-19-20(24)2-1-3-22(19)26/h1-9,12,27H,10-11,13-14H2. The predicted octanol–water partition coefficient (Wildman–Crippen LogP) is 6.70. The lowest BCUT2D eigenvalue weighted by atomic mass is 10.1. The van der Waals surface area contributed by atoms with E-state index in [1.54, 1.807) is 18.2 Å². The van der Waals surface area contributed by atoms with Gasteiger partial charge in [-0.3, -0.25) is 0 Å². The van der Waals surface area contributed by atoms with Crippen molar-refractivity contribution in [1.29, 1.82) is 0 Å². The Morgan fingerprint density at radius 2 is 1.68 bits per heavy atom. The lowest BCUT2D eigenvalue weighted by Gasteiger charge is -2.10. The van der Waals surface area contributed by atoms with Crippen LogP contribution in [-0.2, 0) is 19.6 Å². The number of nitrogens with one attached hydrogen (secondary N) is 1. The zero-order valence-electron chi connectivity index (χ0n) is 15.0. The summed E-state index contributed by atoms with van der Waals surface area (Å²) in [5.74, 6) is 0.296. The van der Waals surface area contributed by atoms with Gasteiger partial charge in [0.25, 0.3) is 0 Å². The van der Waals surface area contributed by atoms with Gasteiger partial charge in [-0.15, -0.1) is 0 Å². The average Bonchev–Trinajstić information content (AvgIpc) is 2.67. The van der Waals surface area contributed by atoms with Crippen LogP contribution in [0.2, 0.25) is 15.1 Å². The number of rotatable bonds is 8. The highest BCUT2D eigenvalue weighted by Gasteiger charge is 2.07. The fraction of sp³-hybridized carbons (Fsp3) is 0.182. The van der Waals surface area contributed by atoms with Crippen molar-refractivity contribution in [3.63, 3.8) is 0 Å². The van der Waals surface area contributed by atoms with E-state index in [0.717, 1.165) is 30.6 Å². The Kier molecular flexibility index (Phi) is 7.57. The second-order valence-corrected chi connectivity index (χ2v) is 7.55. The van der Waals surface area contributed by atoms with Crippen LogP contribution in [0, 0.1) is 5.82 Å². The van der Waals surface area contributed by atoms with Crippen molar-refractivity contribution in [2.75, 3.05) is 6.54 Å². The summed E-state index contributed by atoms with van der Waals surface area (Å²) < 4.78 is 19.4. The minimum atomic E-state index is -0.367. The fourth-order valence-corrected chi connectivity index (χ4v) is 3.43. The summed E-state index contributed by atoms with van der Waals surface area (Å²) >= 11 is 18.1. The molecule has 0 fully saturated rings. The second-order valence-electron chi connectivity index (χ2n) is 6.30. The Bertz CT molecular complexity index is 911. The van der Waals surface area contributed by atoms with Crippen LogP contribution in [0.1, 0.15) is 16.7 Å². The highest BCUT2D eigenvalue weighted by Crippen LogP contribution is 2.22. The summed E-state index contributed by atoms with van der Waals surface area (Å²) in [5.41, 5.74) is 2.54. The Morgan fingerprint density at radius 1 is 0.893 bits per heavy atom. The molecule has 3 aromatic carbocycles. The van der Waals surface area contributed by atoms with Crippen molar-refractivity contribution in [3.8, 4) is 5.75 Å². The van der Waals surface area contributed by atoms with Crippen molar-refractivity contribution >= 4 is 34.8 Å². The van der Waals surface area contributed by atoms with E-state index in [1.165, 1.54) is 6.07 Å². The van der Waals surface area contributed by atoms with Crippen LogP contribution in [-0.4, -0.2) is 6.54 Å². The highest BCUT2D eigenvalue weighted by atomic mass is 35.5. The summed E-state index contributed by atoms with van der Waals surface area (Å²) in [6.45, 7) is 1.61. The summed E-state index contributed by atoms with van der Waals surface area (Å²) in [6, 6.07) is 17.8. The molecule has 146 valence electrons. The predicted molar refractivity (Wildman–Crippen MR) is 114 cm³/mol. The number of hydrogen-bond acceptors (Lipinski definition) is 2. The van der Waals surface area contributed by atoms with Gasteiger partial charge < -0.3 is 10.1 Å². The Hall–Kier alpha value is -1.78. The molecule has 6 heteroatoms. The van der Waals surface area contributed by atoms with Crippen molar-refractivity contribution in [2.24, 2.45) is 0 Å². The third-order valence-electron chi connectivity index (χ3n) is 4.28. The Morgan fingerprint density at radius 3 is 2.39 bits per heavy atom. The minimum Gasteiger partial charge on any atom is -0.489 e. The van der Waals surface area contributed by atoms with E-state index in [0.29, 0.717) is 26.4 Å². The minimum absolute atomic E-state index is 0.0882. The van der Waals surface area contributed by atoms with Gasteiger partial charge >= 0.3 is 0 Å². The molecule has 0 saturated carbocycles. The SMILES string of the molecule is Fc1cccc(Cl)c1COc1ccc(CNCCc2ccc(Cl)cc2Cl)cc1. The molecule has 0 amide bonds. The van der Waals surface area contributed by atoms with Crippen LogP contribution in [0.4, 0.5) is 4.39 Å². The van der Waals surface area contributed by atoms with E-state index >= 15 is 0 Å². The van der Waals surface area contributed by atoms with Gasteiger partial charge in [0.1, 0.15) is 18.2 Å². The molecule has 3 aromatic rings. The lowest BCUT2D eigenvalue weighted by molar-refractivity contribution is 0.300. The van der Waals surface area contributed by atoms with Crippen LogP contribution in [0.15, 0.2) is 60.7 Å². The third kappa shape index (κ3) is 5.86. The van der Waals surface area contributed by atoms with Gasteiger partial charge in [0.15, 0.2) is 0 Å². The molecular weight excluding hydrogens is 420 g/mol. The molecule has 0 radical (unpaired) electrons. The zero-order valence-corrected chi connectivity index (χ0v) is 17.3. The largest absolute Gasteiger partial charge is 0.489 e. The highest BCUT2D eigenvalue weighted by molar-refractivity contribution is 6.35. The normalized spacial score (nSPS) is 10.9. The van der Waals surface area contributed by atoms with Gasteiger partial charge in [0, 0.05) is 22.2 Å². The molecule has 0 bridgehead atoms. The maximum atomic E-state index is 13.8. The van der Waals surface area contributed by atoms with Gasteiger partial charge in [-0.1, -0.05) is 59.1 Å². The van der Waals surface area contributed by atoms with Gasteiger partial charge in [0.2, 0.25) is 0 Å². The number of benzene rings is 3. The maximum absolute atomic E-state index is 13.8. The number of halogens is 4.